The van der Waals surface area contributed by atoms with Crippen LogP contribution >= 0.6 is 0 Å². The number of ether oxygens (including phenoxy) is 3. The Balaban J connectivity index is 2.03. The molecule has 0 bridgehead atoms. The number of halogens is 1. The van der Waals surface area contributed by atoms with Gasteiger partial charge in [0.15, 0.2) is 11.5 Å². The van der Waals surface area contributed by atoms with Gasteiger partial charge >= 0.3 is 0 Å². The average molecular weight is 596 g/mol. The van der Waals surface area contributed by atoms with Gasteiger partial charge in [0.2, 0.25) is 15.9 Å². The van der Waals surface area contributed by atoms with Gasteiger partial charge in [-0.3, -0.25) is 9.10 Å². The number of nitrogens with one attached hydrogen (secondary N) is 2. The monoisotopic (exact) mass is 595 g/mol. The normalized spacial score (nSPS) is 11.7. The van der Waals surface area contributed by atoms with E-state index in [-0.39, 0.29) is 44.5 Å². The fourth-order valence-corrected chi connectivity index (χ4v) is 6.43. The summed E-state index contributed by atoms with van der Waals surface area (Å²) in [5.74, 6) is -1.27. The summed E-state index contributed by atoms with van der Waals surface area (Å²) in [6.45, 7) is 2.45. The molecule has 3 aromatic carbocycles. The lowest BCUT2D eigenvalue weighted by atomic mass is 10.3. The molecule has 1 amide bonds. The molecule has 0 heterocycles. The standard InChI is InChI=1S/C26H30FN3O8S2/c1-17(2)29-39(32,33)18-10-12-23(36-3)21(14-18)28-26(31)16-30(22-9-7-6-8-20(22)27)40(34,35)19-11-13-24(37-4)25(15-19)38-5/h6-15,17,29H,16H2,1-5H3,(H,28,31). The number of anilines is 2. The van der Waals surface area contributed by atoms with Gasteiger partial charge in [-0.05, 0) is 56.3 Å². The number of amides is 1. The summed E-state index contributed by atoms with van der Waals surface area (Å²) >= 11 is 0. The molecule has 0 aliphatic carbocycles. The van der Waals surface area contributed by atoms with Crippen LogP contribution in [0.5, 0.6) is 17.2 Å². The van der Waals surface area contributed by atoms with Crippen molar-refractivity contribution in [3.63, 3.8) is 0 Å². The first-order valence-electron chi connectivity index (χ1n) is 11.8. The molecule has 0 saturated carbocycles. The van der Waals surface area contributed by atoms with Gasteiger partial charge in [0.25, 0.3) is 10.0 Å². The molecule has 40 heavy (non-hydrogen) atoms. The lowest BCUT2D eigenvalue weighted by Crippen LogP contribution is -2.38. The number of hydrogen-bond acceptors (Lipinski definition) is 8. The number of methoxy groups -OCH3 is 3. The number of carbonyl (C=O) groups excluding carboxylic acids is 1. The third kappa shape index (κ3) is 6.81. The van der Waals surface area contributed by atoms with Crippen LogP contribution in [0.2, 0.25) is 0 Å². The van der Waals surface area contributed by atoms with E-state index in [1.54, 1.807) is 13.8 Å². The van der Waals surface area contributed by atoms with Gasteiger partial charge in [-0.2, -0.15) is 0 Å². The minimum absolute atomic E-state index is 0.0314. The molecule has 14 heteroatoms. The molecule has 3 aromatic rings. The summed E-state index contributed by atoms with van der Waals surface area (Å²) in [6.07, 6.45) is 0. The van der Waals surface area contributed by atoms with Crippen LogP contribution in [0.25, 0.3) is 0 Å². The van der Waals surface area contributed by atoms with Crippen LogP contribution in [-0.2, 0) is 24.8 Å². The maximum Gasteiger partial charge on any atom is 0.265 e. The van der Waals surface area contributed by atoms with Crippen molar-refractivity contribution in [2.45, 2.75) is 29.7 Å². The van der Waals surface area contributed by atoms with Gasteiger partial charge < -0.3 is 19.5 Å². The van der Waals surface area contributed by atoms with Crippen LogP contribution in [0, 0.1) is 5.82 Å². The molecule has 0 fully saturated rings. The van der Waals surface area contributed by atoms with Crippen LogP contribution in [0.15, 0.2) is 70.5 Å². The highest BCUT2D eigenvalue weighted by atomic mass is 32.2. The van der Waals surface area contributed by atoms with Crippen molar-refractivity contribution < 1.29 is 40.2 Å². The van der Waals surface area contributed by atoms with E-state index in [1.165, 1.54) is 75.9 Å². The largest absolute Gasteiger partial charge is 0.495 e. The number of para-hydroxylation sites is 1. The summed E-state index contributed by atoms with van der Waals surface area (Å²) < 4.78 is 86.3. The minimum Gasteiger partial charge on any atom is -0.495 e. The van der Waals surface area contributed by atoms with Crippen molar-refractivity contribution in [2.24, 2.45) is 0 Å². The van der Waals surface area contributed by atoms with E-state index in [4.69, 9.17) is 14.2 Å². The highest BCUT2D eigenvalue weighted by molar-refractivity contribution is 7.93. The van der Waals surface area contributed by atoms with Crippen molar-refractivity contribution in [1.82, 2.24) is 4.72 Å². The second-order valence-corrected chi connectivity index (χ2v) is 12.2. The number of nitrogens with zero attached hydrogens (tertiary/aromatic N) is 1. The predicted octanol–water partition coefficient (Wildman–Crippen LogP) is 3.37. The second kappa shape index (κ2) is 12.5. The Morgan fingerprint density at radius 3 is 2.05 bits per heavy atom. The Bertz CT molecular complexity index is 1600. The van der Waals surface area contributed by atoms with Crippen LogP contribution in [0.4, 0.5) is 15.8 Å². The van der Waals surface area contributed by atoms with Gasteiger partial charge in [0.1, 0.15) is 18.1 Å². The number of hydrogen-bond donors (Lipinski definition) is 2. The van der Waals surface area contributed by atoms with Crippen LogP contribution in [0.3, 0.4) is 0 Å². The van der Waals surface area contributed by atoms with Crippen molar-refractivity contribution in [3.05, 3.63) is 66.5 Å². The first-order valence-corrected chi connectivity index (χ1v) is 14.8. The van der Waals surface area contributed by atoms with E-state index in [0.717, 1.165) is 6.07 Å². The van der Waals surface area contributed by atoms with Crippen LogP contribution < -0.4 is 28.6 Å². The third-order valence-electron chi connectivity index (χ3n) is 5.50. The SMILES string of the molecule is COc1ccc(S(=O)(=O)NC(C)C)cc1NC(=O)CN(c1ccccc1F)S(=O)(=O)c1ccc(OC)c(OC)c1. The van der Waals surface area contributed by atoms with E-state index in [9.17, 15) is 26.0 Å². The zero-order valence-corrected chi connectivity index (χ0v) is 24.1. The average Bonchev–Trinajstić information content (AvgIpc) is 2.91. The fourth-order valence-electron chi connectivity index (χ4n) is 3.71. The minimum atomic E-state index is -4.52. The lowest BCUT2D eigenvalue weighted by molar-refractivity contribution is -0.114. The Kier molecular flexibility index (Phi) is 9.60. The maximum absolute atomic E-state index is 14.9. The number of rotatable bonds is 12. The summed E-state index contributed by atoms with van der Waals surface area (Å²) in [6, 6.07) is 12.3. The van der Waals surface area contributed by atoms with Gasteiger partial charge in [-0.25, -0.2) is 25.9 Å². The summed E-state index contributed by atoms with van der Waals surface area (Å²) in [5, 5.41) is 2.48. The molecule has 0 spiro atoms. The molecule has 2 N–H and O–H groups in total. The zero-order valence-electron chi connectivity index (χ0n) is 22.5. The fraction of sp³-hybridized carbons (Fsp3) is 0.269. The van der Waals surface area contributed by atoms with Gasteiger partial charge in [-0.15, -0.1) is 0 Å². The second-order valence-electron chi connectivity index (χ2n) is 8.67. The lowest BCUT2D eigenvalue weighted by Gasteiger charge is -2.25. The zero-order chi connectivity index (χ0) is 29.7. The van der Waals surface area contributed by atoms with Crippen molar-refractivity contribution in [1.29, 1.82) is 0 Å². The molecular weight excluding hydrogens is 565 g/mol. The number of carbonyl (C=O) groups is 1. The molecular formula is C26H30FN3O8S2. The highest BCUT2D eigenvalue weighted by Gasteiger charge is 2.30. The van der Waals surface area contributed by atoms with Gasteiger partial charge in [0, 0.05) is 12.1 Å². The summed E-state index contributed by atoms with van der Waals surface area (Å²) in [7, 11) is -4.41. The first-order chi connectivity index (χ1) is 18.8. The molecule has 3 rings (SSSR count). The molecule has 11 nitrogen and oxygen atoms in total. The van der Waals surface area contributed by atoms with Crippen LogP contribution in [0.1, 0.15) is 13.8 Å². The molecule has 0 aliphatic rings. The Morgan fingerprint density at radius 2 is 1.45 bits per heavy atom. The molecule has 0 unspecified atom stereocenters. The molecule has 0 radical (unpaired) electrons. The Labute approximate surface area is 233 Å². The molecule has 216 valence electrons. The van der Waals surface area contributed by atoms with Crippen molar-refractivity contribution >= 4 is 37.3 Å². The van der Waals surface area contributed by atoms with Gasteiger partial charge in [-0.1, -0.05) is 12.1 Å². The van der Waals surface area contributed by atoms with Crippen molar-refractivity contribution in [3.8, 4) is 17.2 Å². The molecule has 0 atom stereocenters. The van der Waals surface area contributed by atoms with E-state index in [2.05, 4.69) is 10.0 Å². The summed E-state index contributed by atoms with van der Waals surface area (Å²) in [5.41, 5.74) is -0.409. The van der Waals surface area contributed by atoms with E-state index in [1.807, 2.05) is 0 Å². The molecule has 0 aliphatic heterocycles. The summed E-state index contributed by atoms with van der Waals surface area (Å²) in [4.78, 5) is 12.8. The quantitative estimate of drug-likeness (QED) is 0.325. The topological polar surface area (TPSA) is 140 Å². The first kappa shape index (κ1) is 30.7. The predicted molar refractivity (Wildman–Crippen MR) is 148 cm³/mol. The Hall–Kier alpha value is -3.88. The van der Waals surface area contributed by atoms with E-state index < -0.39 is 38.3 Å². The molecule has 0 aromatic heterocycles. The number of benzene rings is 3. The maximum atomic E-state index is 14.9. The number of sulfonamides is 2. The van der Waals surface area contributed by atoms with E-state index >= 15 is 0 Å². The van der Waals surface area contributed by atoms with Crippen LogP contribution in [-0.4, -0.2) is 56.7 Å². The van der Waals surface area contributed by atoms with Gasteiger partial charge in [0.05, 0.1) is 42.5 Å². The highest BCUT2D eigenvalue weighted by Crippen LogP contribution is 2.33. The van der Waals surface area contributed by atoms with Crippen molar-refractivity contribution in [2.75, 3.05) is 37.5 Å². The molecule has 0 saturated heterocycles. The Morgan fingerprint density at radius 1 is 0.850 bits per heavy atom. The smallest absolute Gasteiger partial charge is 0.265 e. The van der Waals surface area contributed by atoms with E-state index in [0.29, 0.717) is 4.31 Å². The third-order valence-corrected chi connectivity index (χ3v) is 8.91.